The second-order valence-electron chi connectivity index (χ2n) is 3.26. The number of benzene rings is 1. The van der Waals surface area contributed by atoms with E-state index in [0.717, 1.165) is 0 Å². The van der Waals surface area contributed by atoms with E-state index in [1.54, 1.807) is 0 Å². The lowest BCUT2D eigenvalue weighted by molar-refractivity contribution is -0.136. The van der Waals surface area contributed by atoms with Crippen molar-refractivity contribution in [2.24, 2.45) is 0 Å². The summed E-state index contributed by atoms with van der Waals surface area (Å²) < 4.78 is 12.6. The Morgan fingerprint density at radius 3 is 2.41 bits per heavy atom. The summed E-state index contributed by atoms with van der Waals surface area (Å²) in [6.07, 6.45) is 0.594. The minimum Gasteiger partial charge on any atom is -0.348 e. The van der Waals surface area contributed by atoms with Gasteiger partial charge >= 0.3 is 11.8 Å². The minimum absolute atomic E-state index is 0.346. The summed E-state index contributed by atoms with van der Waals surface area (Å²) in [5.74, 6) is -1.51. The predicted molar refractivity (Wildman–Crippen MR) is 63.4 cm³/mol. The van der Waals surface area contributed by atoms with E-state index in [4.69, 9.17) is 11.6 Å². The lowest BCUT2D eigenvalue weighted by Gasteiger charge is -2.05. The largest absolute Gasteiger partial charge is 0.348 e. The topological polar surface area (TPSA) is 58.2 Å². The molecule has 0 saturated carbocycles. The first-order valence-corrected chi connectivity index (χ1v) is 5.57. The first kappa shape index (κ1) is 13.4. The molecule has 1 aromatic rings. The van der Waals surface area contributed by atoms with Gasteiger partial charge in [0.2, 0.25) is 0 Å². The molecule has 0 aliphatic rings. The van der Waals surface area contributed by atoms with Gasteiger partial charge in [-0.25, -0.2) is 4.39 Å². The molecule has 2 N–H and O–H groups in total. The highest BCUT2D eigenvalue weighted by Crippen LogP contribution is 2.07. The van der Waals surface area contributed by atoms with Gasteiger partial charge in [0.05, 0.1) is 0 Å². The molecule has 0 spiro atoms. The Hall–Kier alpha value is -1.62. The Morgan fingerprint density at radius 1 is 1.18 bits per heavy atom. The lowest BCUT2D eigenvalue weighted by Crippen LogP contribution is -2.36. The Bertz CT molecular complexity index is 395. The summed E-state index contributed by atoms with van der Waals surface area (Å²) in [6, 6.07) is 5.14. The van der Waals surface area contributed by atoms with Crippen molar-refractivity contribution >= 4 is 29.1 Å². The Labute approximate surface area is 103 Å². The zero-order valence-electron chi connectivity index (χ0n) is 9.00. The van der Waals surface area contributed by atoms with E-state index in [2.05, 4.69) is 10.6 Å². The molecule has 1 rings (SSSR count). The average Bonchev–Trinajstić information content (AvgIpc) is 2.32. The van der Waals surface area contributed by atoms with Crippen LogP contribution in [0, 0.1) is 5.82 Å². The molecule has 2 amide bonds. The third-order valence-electron chi connectivity index (χ3n) is 1.90. The Morgan fingerprint density at radius 2 is 1.82 bits per heavy atom. The zero-order valence-corrected chi connectivity index (χ0v) is 9.76. The van der Waals surface area contributed by atoms with Gasteiger partial charge in [0, 0.05) is 18.1 Å². The third kappa shape index (κ3) is 4.82. The van der Waals surface area contributed by atoms with Crippen LogP contribution in [0.25, 0.3) is 0 Å². The number of carbonyl (C=O) groups is 2. The van der Waals surface area contributed by atoms with Crippen LogP contribution in [0.15, 0.2) is 24.3 Å². The van der Waals surface area contributed by atoms with Gasteiger partial charge in [0.15, 0.2) is 0 Å². The highest BCUT2D eigenvalue weighted by Gasteiger charge is 2.12. The number of hydrogen-bond acceptors (Lipinski definition) is 2. The maximum atomic E-state index is 12.6. The van der Waals surface area contributed by atoms with Crippen molar-refractivity contribution in [1.29, 1.82) is 0 Å². The van der Waals surface area contributed by atoms with Gasteiger partial charge in [-0.1, -0.05) is 0 Å². The highest BCUT2D eigenvalue weighted by molar-refractivity contribution is 6.39. The van der Waals surface area contributed by atoms with E-state index >= 15 is 0 Å². The van der Waals surface area contributed by atoms with Crippen molar-refractivity contribution in [2.75, 3.05) is 17.7 Å². The second-order valence-corrected chi connectivity index (χ2v) is 3.64. The fourth-order valence-corrected chi connectivity index (χ4v) is 1.20. The number of nitrogens with one attached hydrogen (secondary N) is 2. The van der Waals surface area contributed by atoms with E-state index in [9.17, 15) is 14.0 Å². The summed E-state index contributed by atoms with van der Waals surface area (Å²) in [4.78, 5) is 22.6. The van der Waals surface area contributed by atoms with Crippen LogP contribution in [0.1, 0.15) is 6.42 Å². The minimum atomic E-state index is -0.786. The van der Waals surface area contributed by atoms with Crippen LogP contribution in [0.3, 0.4) is 0 Å². The smallest absolute Gasteiger partial charge is 0.313 e. The molecule has 0 bridgehead atoms. The molecule has 0 atom stereocenters. The molecule has 92 valence electrons. The predicted octanol–water partition coefficient (Wildman–Crippen LogP) is 1.51. The summed E-state index contributed by atoms with van der Waals surface area (Å²) >= 11 is 5.42. The molecule has 0 aliphatic carbocycles. The number of amides is 2. The van der Waals surface area contributed by atoms with Crippen molar-refractivity contribution in [3.63, 3.8) is 0 Å². The normalized spacial score (nSPS) is 9.76. The molecule has 0 aliphatic heterocycles. The van der Waals surface area contributed by atoms with Crippen LogP contribution < -0.4 is 10.6 Å². The van der Waals surface area contributed by atoms with Crippen LogP contribution in [0.5, 0.6) is 0 Å². The van der Waals surface area contributed by atoms with Crippen molar-refractivity contribution < 1.29 is 14.0 Å². The van der Waals surface area contributed by atoms with Crippen molar-refractivity contribution in [3.8, 4) is 0 Å². The molecule has 0 unspecified atom stereocenters. The summed E-state index contributed by atoms with van der Waals surface area (Å²) in [6.45, 7) is 0.346. The summed E-state index contributed by atoms with van der Waals surface area (Å²) in [5, 5.41) is 4.75. The maximum absolute atomic E-state index is 12.6. The van der Waals surface area contributed by atoms with Crippen LogP contribution in [-0.4, -0.2) is 24.2 Å². The number of halogens is 2. The standard InChI is InChI=1S/C11H12ClFN2O2/c12-6-1-7-14-10(16)11(17)15-9-4-2-8(13)3-5-9/h2-5H,1,6-7H2,(H,14,16)(H,15,17). The molecule has 17 heavy (non-hydrogen) atoms. The number of anilines is 1. The van der Waals surface area contributed by atoms with Crippen molar-refractivity contribution in [2.45, 2.75) is 6.42 Å². The van der Waals surface area contributed by atoms with Gasteiger partial charge in [-0.3, -0.25) is 9.59 Å². The molecular weight excluding hydrogens is 247 g/mol. The molecule has 0 saturated heterocycles. The number of rotatable bonds is 4. The quantitative estimate of drug-likeness (QED) is 0.489. The van der Waals surface area contributed by atoms with Crippen LogP contribution in [0.2, 0.25) is 0 Å². The fourth-order valence-electron chi connectivity index (χ4n) is 1.07. The van der Waals surface area contributed by atoms with Gasteiger partial charge in [-0.2, -0.15) is 0 Å². The molecule has 6 heteroatoms. The molecule has 0 fully saturated rings. The molecule has 4 nitrogen and oxygen atoms in total. The van der Waals surface area contributed by atoms with E-state index in [0.29, 0.717) is 24.5 Å². The average molecular weight is 259 g/mol. The van der Waals surface area contributed by atoms with Gasteiger partial charge in [0.25, 0.3) is 0 Å². The van der Waals surface area contributed by atoms with Gasteiger partial charge in [-0.05, 0) is 30.7 Å². The maximum Gasteiger partial charge on any atom is 0.313 e. The monoisotopic (exact) mass is 258 g/mol. The number of carbonyl (C=O) groups excluding carboxylic acids is 2. The third-order valence-corrected chi connectivity index (χ3v) is 2.17. The molecule has 0 aromatic heterocycles. The second kappa shape index (κ2) is 6.85. The van der Waals surface area contributed by atoms with Crippen LogP contribution in [-0.2, 0) is 9.59 Å². The first-order valence-electron chi connectivity index (χ1n) is 5.04. The van der Waals surface area contributed by atoms with Crippen LogP contribution >= 0.6 is 11.6 Å². The van der Waals surface area contributed by atoms with Gasteiger partial charge in [0.1, 0.15) is 5.82 Å². The number of hydrogen-bond donors (Lipinski definition) is 2. The number of alkyl halides is 1. The van der Waals surface area contributed by atoms with Crippen molar-refractivity contribution in [3.05, 3.63) is 30.1 Å². The SMILES string of the molecule is O=C(NCCCCl)C(=O)Nc1ccc(F)cc1. The van der Waals surface area contributed by atoms with E-state index in [1.807, 2.05) is 0 Å². The van der Waals surface area contributed by atoms with Crippen LogP contribution in [0.4, 0.5) is 10.1 Å². The van der Waals surface area contributed by atoms with E-state index in [1.165, 1.54) is 24.3 Å². The molecule has 1 aromatic carbocycles. The Balaban J connectivity index is 2.43. The van der Waals surface area contributed by atoms with Gasteiger partial charge in [-0.15, -0.1) is 11.6 Å². The molecular formula is C11H12ClFN2O2. The first-order chi connectivity index (χ1) is 8.13. The fraction of sp³-hybridized carbons (Fsp3) is 0.273. The zero-order chi connectivity index (χ0) is 12.7. The van der Waals surface area contributed by atoms with E-state index in [-0.39, 0.29) is 0 Å². The molecule has 0 heterocycles. The Kier molecular flexibility index (Phi) is 5.42. The summed E-state index contributed by atoms with van der Waals surface area (Å²) in [7, 11) is 0. The molecule has 0 radical (unpaired) electrons. The van der Waals surface area contributed by atoms with Gasteiger partial charge < -0.3 is 10.6 Å². The van der Waals surface area contributed by atoms with Crippen molar-refractivity contribution in [1.82, 2.24) is 5.32 Å². The van der Waals surface area contributed by atoms with E-state index < -0.39 is 17.6 Å². The summed E-state index contributed by atoms with van der Waals surface area (Å²) in [5.41, 5.74) is 0.365. The lowest BCUT2D eigenvalue weighted by atomic mass is 10.3. The highest BCUT2D eigenvalue weighted by atomic mass is 35.5.